The second-order valence-electron chi connectivity index (χ2n) is 5.91. The third-order valence-electron chi connectivity index (χ3n) is 3.13. The second kappa shape index (κ2) is 6.38. The maximum atomic E-state index is 12.1. The molecule has 0 radical (unpaired) electrons. The third-order valence-corrected chi connectivity index (χ3v) is 3.13. The highest BCUT2D eigenvalue weighted by molar-refractivity contribution is 5.68. The van der Waals surface area contributed by atoms with Gasteiger partial charge in [-0.05, 0) is 46.5 Å². The van der Waals surface area contributed by atoms with Crippen molar-refractivity contribution in [2.75, 3.05) is 13.2 Å². The second-order valence-corrected chi connectivity index (χ2v) is 5.91. The van der Waals surface area contributed by atoms with Crippen molar-refractivity contribution in [2.24, 2.45) is 5.73 Å². The average Bonchev–Trinajstić information content (AvgIpc) is 2.27. The highest BCUT2D eigenvalue weighted by Gasteiger charge is 2.33. The van der Waals surface area contributed by atoms with Gasteiger partial charge in [0.05, 0.1) is 6.04 Å². The van der Waals surface area contributed by atoms with Crippen molar-refractivity contribution in [1.82, 2.24) is 4.90 Å². The van der Waals surface area contributed by atoms with Gasteiger partial charge in [0.2, 0.25) is 0 Å². The highest BCUT2D eigenvalue weighted by Crippen LogP contribution is 2.22. The molecule has 0 aliphatic carbocycles. The van der Waals surface area contributed by atoms with E-state index in [2.05, 4.69) is 0 Å². The van der Waals surface area contributed by atoms with Gasteiger partial charge in [0.25, 0.3) is 0 Å². The first kappa shape index (κ1) is 15.2. The summed E-state index contributed by atoms with van der Waals surface area (Å²) in [6, 6.07) is -0.191. The van der Waals surface area contributed by atoms with Crippen LogP contribution in [0.3, 0.4) is 0 Å². The Kier molecular flexibility index (Phi) is 5.41. The fraction of sp³-hybridized carbons (Fsp3) is 0.923. The fourth-order valence-electron chi connectivity index (χ4n) is 2.29. The van der Waals surface area contributed by atoms with E-state index in [0.717, 1.165) is 19.3 Å². The summed E-state index contributed by atoms with van der Waals surface area (Å²) >= 11 is 0. The first-order valence-electron chi connectivity index (χ1n) is 6.71. The first-order chi connectivity index (χ1) is 8.35. The van der Waals surface area contributed by atoms with E-state index in [1.165, 1.54) is 0 Å². The lowest BCUT2D eigenvalue weighted by atomic mass is 9.95. The molecule has 0 spiro atoms. The maximum absolute atomic E-state index is 12.1. The predicted octanol–water partition coefficient (Wildman–Crippen LogP) is 1.49. The normalized spacial score (nSPS) is 22.7. The molecule has 1 saturated heterocycles. The molecule has 1 amide bonds. The smallest absolute Gasteiger partial charge is 0.410 e. The van der Waals surface area contributed by atoms with Crippen LogP contribution in [0.25, 0.3) is 0 Å². The number of rotatable bonds is 3. The number of likely N-dealkylation sites (tertiary alicyclic amines) is 1. The molecule has 0 aromatic rings. The molecule has 2 atom stereocenters. The van der Waals surface area contributed by atoms with E-state index in [-0.39, 0.29) is 24.8 Å². The van der Waals surface area contributed by atoms with Gasteiger partial charge in [-0.2, -0.15) is 0 Å². The van der Waals surface area contributed by atoms with Crippen molar-refractivity contribution in [1.29, 1.82) is 0 Å². The van der Waals surface area contributed by atoms with Crippen LogP contribution < -0.4 is 5.73 Å². The number of ether oxygens (including phenoxy) is 1. The summed E-state index contributed by atoms with van der Waals surface area (Å²) in [6.07, 6.45) is 3.18. The summed E-state index contributed by atoms with van der Waals surface area (Å²) in [7, 11) is 0. The summed E-state index contributed by atoms with van der Waals surface area (Å²) < 4.78 is 5.40. The lowest BCUT2D eigenvalue weighted by Gasteiger charge is -2.39. The van der Waals surface area contributed by atoms with Gasteiger partial charge in [-0.3, -0.25) is 0 Å². The molecule has 0 unspecified atom stereocenters. The molecule has 5 heteroatoms. The molecule has 0 aromatic carbocycles. The van der Waals surface area contributed by atoms with Crippen LogP contribution in [-0.2, 0) is 4.74 Å². The van der Waals surface area contributed by atoms with Gasteiger partial charge in [0.1, 0.15) is 5.60 Å². The van der Waals surface area contributed by atoms with Gasteiger partial charge in [-0.1, -0.05) is 0 Å². The van der Waals surface area contributed by atoms with E-state index in [1.807, 2.05) is 20.8 Å². The van der Waals surface area contributed by atoms with Crippen molar-refractivity contribution in [2.45, 2.75) is 64.1 Å². The van der Waals surface area contributed by atoms with E-state index in [0.29, 0.717) is 13.0 Å². The molecule has 1 aliphatic heterocycles. The van der Waals surface area contributed by atoms with Gasteiger partial charge in [0.15, 0.2) is 0 Å². The Bertz CT molecular complexity index is 276. The number of nitrogens with zero attached hydrogens (tertiary/aromatic N) is 1. The number of aliphatic hydroxyl groups is 1. The molecular formula is C13H26N2O3. The average molecular weight is 258 g/mol. The number of hydrogen-bond acceptors (Lipinski definition) is 4. The van der Waals surface area contributed by atoms with E-state index in [9.17, 15) is 4.79 Å². The van der Waals surface area contributed by atoms with Crippen molar-refractivity contribution < 1.29 is 14.6 Å². The monoisotopic (exact) mass is 258 g/mol. The number of carbonyl (C=O) groups is 1. The van der Waals surface area contributed by atoms with Crippen molar-refractivity contribution in [3.8, 4) is 0 Å². The Labute approximate surface area is 109 Å². The molecule has 5 nitrogen and oxygen atoms in total. The Morgan fingerprint density at radius 2 is 2.17 bits per heavy atom. The van der Waals surface area contributed by atoms with Gasteiger partial charge < -0.3 is 20.5 Å². The van der Waals surface area contributed by atoms with Crippen LogP contribution in [0.15, 0.2) is 0 Å². The standard InChI is InChI=1S/C13H26N2O3/c1-13(2,3)18-12(17)15-8-5-4-6-11(15)10(14)7-9-16/h10-11,16H,4-9,14H2,1-3H3/t10-,11+/m1/s1. The van der Waals surface area contributed by atoms with Gasteiger partial charge in [-0.25, -0.2) is 4.79 Å². The van der Waals surface area contributed by atoms with E-state index in [1.54, 1.807) is 4.90 Å². The molecule has 1 fully saturated rings. The van der Waals surface area contributed by atoms with Gasteiger partial charge in [0, 0.05) is 19.2 Å². The van der Waals surface area contributed by atoms with Crippen molar-refractivity contribution in [3.63, 3.8) is 0 Å². The quantitative estimate of drug-likeness (QED) is 0.804. The van der Waals surface area contributed by atoms with E-state index >= 15 is 0 Å². The van der Waals surface area contributed by atoms with Crippen LogP contribution in [-0.4, -0.2) is 46.9 Å². The van der Waals surface area contributed by atoms with Crippen molar-refractivity contribution in [3.05, 3.63) is 0 Å². The van der Waals surface area contributed by atoms with Crippen molar-refractivity contribution >= 4 is 6.09 Å². The third kappa shape index (κ3) is 4.46. The topological polar surface area (TPSA) is 75.8 Å². The summed E-state index contributed by atoms with van der Waals surface area (Å²) in [5.74, 6) is 0. The fourth-order valence-corrected chi connectivity index (χ4v) is 2.29. The van der Waals surface area contributed by atoms with Crippen LogP contribution in [0.5, 0.6) is 0 Å². The Hall–Kier alpha value is -0.810. The molecule has 106 valence electrons. The number of amides is 1. The molecule has 18 heavy (non-hydrogen) atoms. The Balaban J connectivity index is 2.67. The molecule has 3 N–H and O–H groups in total. The minimum atomic E-state index is -0.486. The van der Waals surface area contributed by atoms with E-state index in [4.69, 9.17) is 15.6 Å². The Morgan fingerprint density at radius 1 is 1.50 bits per heavy atom. The number of nitrogens with two attached hydrogens (primary N) is 1. The summed E-state index contributed by atoms with van der Waals surface area (Å²) in [4.78, 5) is 13.8. The molecule has 1 aliphatic rings. The van der Waals surface area contributed by atoms with Crippen LogP contribution in [0.4, 0.5) is 4.79 Å². The largest absolute Gasteiger partial charge is 0.444 e. The zero-order valence-corrected chi connectivity index (χ0v) is 11.7. The molecule has 0 bridgehead atoms. The molecule has 1 rings (SSSR count). The Morgan fingerprint density at radius 3 is 2.72 bits per heavy atom. The van der Waals surface area contributed by atoms with Crippen LogP contribution >= 0.6 is 0 Å². The lowest BCUT2D eigenvalue weighted by Crippen LogP contribution is -2.54. The molecule has 0 aromatic heterocycles. The molecule has 0 saturated carbocycles. The predicted molar refractivity (Wildman–Crippen MR) is 70.3 cm³/mol. The number of aliphatic hydroxyl groups excluding tert-OH is 1. The lowest BCUT2D eigenvalue weighted by molar-refractivity contribution is 0.00548. The van der Waals surface area contributed by atoms with Crippen LogP contribution in [0, 0.1) is 0 Å². The van der Waals surface area contributed by atoms with E-state index < -0.39 is 5.60 Å². The summed E-state index contributed by atoms with van der Waals surface area (Å²) in [6.45, 7) is 6.32. The summed E-state index contributed by atoms with van der Waals surface area (Å²) in [5.41, 5.74) is 5.56. The first-order valence-corrected chi connectivity index (χ1v) is 6.71. The number of carbonyl (C=O) groups excluding carboxylic acids is 1. The van der Waals surface area contributed by atoms with Crippen LogP contribution in [0.2, 0.25) is 0 Å². The zero-order chi connectivity index (χ0) is 13.8. The highest BCUT2D eigenvalue weighted by atomic mass is 16.6. The molecule has 1 heterocycles. The summed E-state index contributed by atoms with van der Waals surface area (Å²) in [5, 5.41) is 8.96. The minimum absolute atomic E-state index is 0.0132. The molecular weight excluding hydrogens is 232 g/mol. The SMILES string of the molecule is CC(C)(C)OC(=O)N1CCCC[C@H]1[C@H](N)CCO. The minimum Gasteiger partial charge on any atom is -0.444 e. The van der Waals surface area contributed by atoms with Crippen LogP contribution in [0.1, 0.15) is 46.5 Å². The number of hydrogen-bond donors (Lipinski definition) is 2. The van der Waals surface area contributed by atoms with Gasteiger partial charge in [-0.15, -0.1) is 0 Å². The van der Waals surface area contributed by atoms with Gasteiger partial charge >= 0.3 is 6.09 Å². The maximum Gasteiger partial charge on any atom is 0.410 e. The zero-order valence-electron chi connectivity index (χ0n) is 11.7. The number of piperidine rings is 1.